The lowest BCUT2D eigenvalue weighted by Crippen LogP contribution is -2.12. The molecule has 0 atom stereocenters. The lowest BCUT2D eigenvalue weighted by Gasteiger charge is -2.11. The minimum atomic E-state index is -0.601. The zero-order chi connectivity index (χ0) is 15.5. The highest BCUT2D eigenvalue weighted by Crippen LogP contribution is 2.27. The number of nitrogens with zero attached hydrogens (tertiary/aromatic N) is 2. The van der Waals surface area contributed by atoms with Crippen molar-refractivity contribution in [2.24, 2.45) is 5.73 Å². The standard InChI is InChI=1S/C16H12FN3O2/c17-11-5-7-12(8-6-11)22-15-4-2-1-3-14(15)20-10-9-13(19-20)16(18)21/h1-10H,(H2,18,21). The molecule has 1 aromatic heterocycles. The molecule has 3 aromatic rings. The summed E-state index contributed by atoms with van der Waals surface area (Å²) in [5.74, 6) is 0.0823. The van der Waals surface area contributed by atoms with E-state index in [9.17, 15) is 9.18 Å². The number of carbonyl (C=O) groups is 1. The highest BCUT2D eigenvalue weighted by atomic mass is 19.1. The van der Waals surface area contributed by atoms with Crippen LogP contribution in [0.4, 0.5) is 4.39 Å². The van der Waals surface area contributed by atoms with E-state index < -0.39 is 5.91 Å². The van der Waals surface area contributed by atoms with Gasteiger partial charge in [-0.15, -0.1) is 0 Å². The number of ether oxygens (including phenoxy) is 1. The molecule has 1 heterocycles. The van der Waals surface area contributed by atoms with Gasteiger partial charge in [-0.05, 0) is 42.5 Å². The molecule has 0 fully saturated rings. The van der Waals surface area contributed by atoms with Gasteiger partial charge in [-0.25, -0.2) is 9.07 Å². The number of hydrogen-bond acceptors (Lipinski definition) is 3. The van der Waals surface area contributed by atoms with Crippen LogP contribution in [0.25, 0.3) is 5.69 Å². The Balaban J connectivity index is 1.95. The zero-order valence-corrected chi connectivity index (χ0v) is 11.4. The number of nitrogens with two attached hydrogens (primary N) is 1. The first-order valence-corrected chi connectivity index (χ1v) is 6.52. The average molecular weight is 297 g/mol. The van der Waals surface area contributed by atoms with Crippen LogP contribution < -0.4 is 10.5 Å². The summed E-state index contributed by atoms with van der Waals surface area (Å²) < 4.78 is 20.2. The van der Waals surface area contributed by atoms with Crippen LogP contribution in [0, 0.1) is 5.82 Å². The predicted octanol–water partition coefficient (Wildman–Crippen LogP) is 2.90. The smallest absolute Gasteiger partial charge is 0.269 e. The summed E-state index contributed by atoms with van der Waals surface area (Å²) >= 11 is 0. The first-order chi connectivity index (χ1) is 10.6. The Hall–Kier alpha value is -3.15. The molecule has 0 aliphatic heterocycles. The molecule has 22 heavy (non-hydrogen) atoms. The van der Waals surface area contributed by atoms with Gasteiger partial charge < -0.3 is 10.5 Å². The van der Waals surface area contributed by atoms with E-state index in [4.69, 9.17) is 10.5 Å². The minimum Gasteiger partial charge on any atom is -0.455 e. The van der Waals surface area contributed by atoms with Crippen LogP contribution in [0.3, 0.4) is 0 Å². The zero-order valence-electron chi connectivity index (χ0n) is 11.4. The molecule has 5 nitrogen and oxygen atoms in total. The minimum absolute atomic E-state index is 0.164. The number of carbonyl (C=O) groups excluding carboxylic acids is 1. The first kappa shape index (κ1) is 13.8. The lowest BCUT2D eigenvalue weighted by atomic mass is 10.3. The molecule has 2 N–H and O–H groups in total. The molecular formula is C16H12FN3O2. The van der Waals surface area contributed by atoms with E-state index >= 15 is 0 Å². The van der Waals surface area contributed by atoms with Crippen molar-refractivity contribution >= 4 is 5.91 Å². The number of halogens is 1. The van der Waals surface area contributed by atoms with E-state index in [2.05, 4.69) is 5.10 Å². The molecule has 110 valence electrons. The summed E-state index contributed by atoms with van der Waals surface area (Å²) in [6, 6.07) is 14.4. The molecule has 0 aliphatic rings. The number of primary amides is 1. The van der Waals surface area contributed by atoms with Crippen molar-refractivity contribution in [2.75, 3.05) is 0 Å². The van der Waals surface area contributed by atoms with Gasteiger partial charge in [0.05, 0.1) is 0 Å². The Morgan fingerprint density at radius 3 is 2.50 bits per heavy atom. The van der Waals surface area contributed by atoms with Crippen LogP contribution in [-0.2, 0) is 0 Å². The lowest BCUT2D eigenvalue weighted by molar-refractivity contribution is 0.0995. The van der Waals surface area contributed by atoms with Crippen molar-refractivity contribution in [1.29, 1.82) is 0 Å². The third-order valence-corrected chi connectivity index (χ3v) is 3.00. The van der Waals surface area contributed by atoms with Crippen molar-refractivity contribution < 1.29 is 13.9 Å². The highest BCUT2D eigenvalue weighted by molar-refractivity contribution is 5.90. The van der Waals surface area contributed by atoms with Gasteiger partial charge >= 0.3 is 0 Å². The van der Waals surface area contributed by atoms with Crippen LogP contribution in [-0.4, -0.2) is 15.7 Å². The van der Waals surface area contributed by atoms with Crippen molar-refractivity contribution in [3.8, 4) is 17.2 Å². The normalized spacial score (nSPS) is 10.4. The van der Waals surface area contributed by atoms with Gasteiger partial charge in [0.2, 0.25) is 0 Å². The molecule has 0 bridgehead atoms. The van der Waals surface area contributed by atoms with Gasteiger partial charge in [0, 0.05) is 6.20 Å². The maximum absolute atomic E-state index is 12.9. The number of aromatic nitrogens is 2. The molecule has 1 amide bonds. The fourth-order valence-corrected chi connectivity index (χ4v) is 1.95. The largest absolute Gasteiger partial charge is 0.455 e. The number of rotatable bonds is 4. The topological polar surface area (TPSA) is 70.1 Å². The quantitative estimate of drug-likeness (QED) is 0.805. The van der Waals surface area contributed by atoms with E-state index in [0.717, 1.165) is 0 Å². The highest BCUT2D eigenvalue weighted by Gasteiger charge is 2.10. The summed E-state index contributed by atoms with van der Waals surface area (Å²) in [4.78, 5) is 11.1. The van der Waals surface area contributed by atoms with Crippen LogP contribution in [0.15, 0.2) is 60.8 Å². The maximum atomic E-state index is 12.9. The van der Waals surface area contributed by atoms with Gasteiger partial charge in [0.25, 0.3) is 5.91 Å². The van der Waals surface area contributed by atoms with Crippen molar-refractivity contribution in [3.05, 3.63) is 72.3 Å². The second-order valence-corrected chi connectivity index (χ2v) is 4.53. The Morgan fingerprint density at radius 1 is 1.09 bits per heavy atom. The van der Waals surface area contributed by atoms with E-state index in [1.165, 1.54) is 35.0 Å². The summed E-state index contributed by atoms with van der Waals surface area (Å²) in [6.45, 7) is 0. The monoisotopic (exact) mass is 297 g/mol. The van der Waals surface area contributed by atoms with Crippen LogP contribution in [0.1, 0.15) is 10.5 Å². The maximum Gasteiger partial charge on any atom is 0.269 e. The van der Waals surface area contributed by atoms with E-state index in [1.807, 2.05) is 6.07 Å². The third-order valence-electron chi connectivity index (χ3n) is 3.00. The molecule has 0 spiro atoms. The predicted molar refractivity (Wildman–Crippen MR) is 78.6 cm³/mol. The van der Waals surface area contributed by atoms with Crippen LogP contribution in [0.2, 0.25) is 0 Å². The molecular weight excluding hydrogens is 285 g/mol. The summed E-state index contributed by atoms with van der Waals surface area (Å²) in [5.41, 5.74) is 6.00. The third kappa shape index (κ3) is 2.80. The Bertz CT molecular complexity index is 812. The fraction of sp³-hybridized carbons (Fsp3) is 0. The second kappa shape index (κ2) is 5.69. The molecule has 0 unspecified atom stereocenters. The van der Waals surface area contributed by atoms with Gasteiger partial charge in [0.15, 0.2) is 5.75 Å². The molecule has 0 saturated carbocycles. The van der Waals surface area contributed by atoms with Crippen molar-refractivity contribution in [2.45, 2.75) is 0 Å². The van der Waals surface area contributed by atoms with E-state index in [-0.39, 0.29) is 11.5 Å². The Morgan fingerprint density at radius 2 is 1.82 bits per heavy atom. The first-order valence-electron chi connectivity index (χ1n) is 6.52. The van der Waals surface area contributed by atoms with Gasteiger partial charge in [0.1, 0.15) is 22.9 Å². The fourth-order valence-electron chi connectivity index (χ4n) is 1.95. The van der Waals surface area contributed by atoms with Gasteiger partial charge in [-0.2, -0.15) is 5.10 Å². The van der Waals surface area contributed by atoms with Gasteiger partial charge in [-0.3, -0.25) is 4.79 Å². The summed E-state index contributed by atoms with van der Waals surface area (Å²) in [7, 11) is 0. The number of para-hydroxylation sites is 2. The van der Waals surface area contributed by atoms with E-state index in [1.54, 1.807) is 24.4 Å². The molecule has 0 radical (unpaired) electrons. The van der Waals surface area contributed by atoms with Crippen LogP contribution in [0.5, 0.6) is 11.5 Å². The Labute approximate surface area is 125 Å². The SMILES string of the molecule is NC(=O)c1ccn(-c2ccccc2Oc2ccc(F)cc2)n1. The molecule has 0 saturated heterocycles. The summed E-state index contributed by atoms with van der Waals surface area (Å²) in [5, 5.41) is 4.10. The molecule has 6 heteroatoms. The van der Waals surface area contributed by atoms with Crippen molar-refractivity contribution in [3.63, 3.8) is 0 Å². The molecule has 3 rings (SSSR count). The second-order valence-electron chi connectivity index (χ2n) is 4.53. The average Bonchev–Trinajstić information content (AvgIpc) is 3.00. The van der Waals surface area contributed by atoms with Crippen molar-refractivity contribution in [1.82, 2.24) is 9.78 Å². The number of amides is 1. The number of benzene rings is 2. The van der Waals surface area contributed by atoms with Gasteiger partial charge in [-0.1, -0.05) is 12.1 Å². The van der Waals surface area contributed by atoms with E-state index in [0.29, 0.717) is 17.2 Å². The Kier molecular flexibility index (Phi) is 3.57. The number of hydrogen-bond donors (Lipinski definition) is 1. The summed E-state index contributed by atoms with van der Waals surface area (Å²) in [6.07, 6.45) is 1.62. The van der Waals surface area contributed by atoms with Crippen LogP contribution >= 0.6 is 0 Å². The molecule has 0 aliphatic carbocycles. The molecule has 2 aromatic carbocycles.